The van der Waals surface area contributed by atoms with E-state index in [0.29, 0.717) is 25.9 Å². The molecule has 0 radical (unpaired) electrons. The van der Waals surface area contributed by atoms with Gasteiger partial charge in [-0.05, 0) is 12.8 Å². The van der Waals surface area contributed by atoms with Crippen molar-refractivity contribution in [2.24, 2.45) is 5.92 Å². The highest BCUT2D eigenvalue weighted by Gasteiger charge is 2.20. The maximum atomic E-state index is 10.8. The van der Waals surface area contributed by atoms with Crippen LogP contribution < -0.4 is 5.11 Å². The Hall–Kier alpha value is -1.06. The van der Waals surface area contributed by atoms with Crippen LogP contribution in [0.1, 0.15) is 19.8 Å². The first-order valence-corrected chi connectivity index (χ1v) is 4.07. The topological polar surface area (TPSA) is 60.4 Å². The van der Waals surface area contributed by atoms with Gasteiger partial charge in [-0.1, -0.05) is 0 Å². The summed E-state index contributed by atoms with van der Waals surface area (Å²) in [6.07, 6.45) is 1.06. The molecule has 0 saturated carbocycles. The van der Waals surface area contributed by atoms with Crippen molar-refractivity contribution in [2.75, 3.05) is 13.1 Å². The number of hydrogen-bond donors (Lipinski definition) is 0. The molecule has 1 aliphatic heterocycles. The second kappa shape index (κ2) is 3.56. The summed E-state index contributed by atoms with van der Waals surface area (Å²) in [5, 5.41) is 10.4. The molecule has 1 heterocycles. The predicted molar refractivity (Wildman–Crippen MR) is 40.0 cm³/mol. The van der Waals surface area contributed by atoms with E-state index in [1.807, 2.05) is 0 Å². The molecule has 0 aromatic carbocycles. The summed E-state index contributed by atoms with van der Waals surface area (Å²) >= 11 is 0. The molecule has 12 heavy (non-hydrogen) atoms. The van der Waals surface area contributed by atoms with E-state index in [9.17, 15) is 14.7 Å². The van der Waals surface area contributed by atoms with Crippen molar-refractivity contribution >= 4 is 11.9 Å². The Kier molecular flexibility index (Phi) is 2.68. The molecule has 1 rings (SSSR count). The van der Waals surface area contributed by atoms with Crippen LogP contribution in [0.15, 0.2) is 0 Å². The van der Waals surface area contributed by atoms with Gasteiger partial charge in [0.15, 0.2) is 0 Å². The normalized spacial score (nSPS) is 19.2. The summed E-state index contributed by atoms with van der Waals surface area (Å²) < 4.78 is 0. The van der Waals surface area contributed by atoms with Crippen LogP contribution in [-0.4, -0.2) is 29.9 Å². The molecule has 1 aliphatic rings. The average molecular weight is 170 g/mol. The molecule has 0 spiro atoms. The van der Waals surface area contributed by atoms with Gasteiger partial charge < -0.3 is 14.8 Å². The largest absolute Gasteiger partial charge is 0.550 e. The Morgan fingerprint density at radius 1 is 1.33 bits per heavy atom. The van der Waals surface area contributed by atoms with Crippen molar-refractivity contribution in [2.45, 2.75) is 19.8 Å². The van der Waals surface area contributed by atoms with E-state index in [1.165, 1.54) is 6.92 Å². The first-order valence-electron chi connectivity index (χ1n) is 4.07. The molecule has 0 N–H and O–H groups in total. The van der Waals surface area contributed by atoms with E-state index in [1.54, 1.807) is 4.90 Å². The Morgan fingerprint density at radius 3 is 2.17 bits per heavy atom. The van der Waals surface area contributed by atoms with Gasteiger partial charge in [-0.25, -0.2) is 0 Å². The molecule has 0 aliphatic carbocycles. The number of rotatable bonds is 1. The minimum Gasteiger partial charge on any atom is -0.550 e. The minimum absolute atomic E-state index is 0.0202. The molecule has 1 fully saturated rings. The van der Waals surface area contributed by atoms with Gasteiger partial charge in [0.05, 0.1) is 0 Å². The smallest absolute Gasteiger partial charge is 0.219 e. The van der Waals surface area contributed by atoms with Gasteiger partial charge in [0.2, 0.25) is 5.91 Å². The lowest BCUT2D eigenvalue weighted by molar-refractivity contribution is -0.312. The maximum absolute atomic E-state index is 10.8. The number of piperidine rings is 1. The van der Waals surface area contributed by atoms with Crippen LogP contribution in [0.25, 0.3) is 0 Å². The van der Waals surface area contributed by atoms with Gasteiger partial charge >= 0.3 is 0 Å². The van der Waals surface area contributed by atoms with Crippen molar-refractivity contribution in [1.29, 1.82) is 0 Å². The zero-order valence-corrected chi connectivity index (χ0v) is 7.08. The fourth-order valence-corrected chi connectivity index (χ4v) is 1.43. The van der Waals surface area contributed by atoms with E-state index in [0.717, 1.165) is 0 Å². The van der Waals surface area contributed by atoms with Crippen molar-refractivity contribution in [1.82, 2.24) is 4.90 Å². The van der Waals surface area contributed by atoms with E-state index >= 15 is 0 Å². The van der Waals surface area contributed by atoms with Gasteiger partial charge in [-0.2, -0.15) is 0 Å². The summed E-state index contributed by atoms with van der Waals surface area (Å²) in [4.78, 5) is 22.9. The van der Waals surface area contributed by atoms with Crippen molar-refractivity contribution in [3.05, 3.63) is 0 Å². The lowest BCUT2D eigenvalue weighted by atomic mass is 9.97. The first-order chi connectivity index (χ1) is 5.61. The second-order valence-corrected chi connectivity index (χ2v) is 3.10. The number of carbonyl (C=O) groups excluding carboxylic acids is 2. The number of hydrogen-bond acceptors (Lipinski definition) is 3. The fourth-order valence-electron chi connectivity index (χ4n) is 1.43. The van der Waals surface area contributed by atoms with Crippen LogP contribution in [0.2, 0.25) is 0 Å². The summed E-state index contributed by atoms with van der Waals surface area (Å²) in [6, 6.07) is 0. The fraction of sp³-hybridized carbons (Fsp3) is 0.750. The summed E-state index contributed by atoms with van der Waals surface area (Å²) in [5.74, 6) is -1.33. The lowest BCUT2D eigenvalue weighted by Crippen LogP contribution is -2.42. The molecule has 0 atom stereocenters. The van der Waals surface area contributed by atoms with Crippen LogP contribution in [0.5, 0.6) is 0 Å². The number of nitrogens with zero attached hydrogens (tertiary/aromatic N) is 1. The van der Waals surface area contributed by atoms with E-state index in [2.05, 4.69) is 0 Å². The molecule has 4 heteroatoms. The van der Waals surface area contributed by atoms with Gasteiger partial charge in [-0.15, -0.1) is 0 Å². The molecule has 68 valence electrons. The highest BCUT2D eigenvalue weighted by atomic mass is 16.4. The van der Waals surface area contributed by atoms with Crippen LogP contribution in [-0.2, 0) is 9.59 Å². The molecular weight excluding hydrogens is 158 g/mol. The zero-order valence-electron chi connectivity index (χ0n) is 7.08. The molecule has 1 amide bonds. The number of carboxylic acid groups (broad SMARTS) is 1. The monoisotopic (exact) mass is 170 g/mol. The molecule has 0 aromatic heterocycles. The Bertz CT molecular complexity index is 172. The number of amides is 1. The number of aliphatic carboxylic acids is 1. The van der Waals surface area contributed by atoms with Gasteiger partial charge in [0.1, 0.15) is 0 Å². The Morgan fingerprint density at radius 2 is 1.83 bits per heavy atom. The lowest BCUT2D eigenvalue weighted by Gasteiger charge is -2.31. The first kappa shape index (κ1) is 9.03. The van der Waals surface area contributed by atoms with Crippen LogP contribution in [0, 0.1) is 5.92 Å². The highest BCUT2D eigenvalue weighted by molar-refractivity contribution is 5.74. The number of likely N-dealkylation sites (tertiary alicyclic amines) is 1. The Balaban J connectivity index is 2.39. The van der Waals surface area contributed by atoms with Gasteiger partial charge in [0.25, 0.3) is 0 Å². The number of carbonyl (C=O) groups is 2. The SMILES string of the molecule is CC(=O)N1CCC(C(=O)[O-])CC1. The van der Waals surface area contributed by atoms with Crippen LogP contribution in [0.3, 0.4) is 0 Å². The van der Waals surface area contributed by atoms with Crippen molar-refractivity contribution in [3.63, 3.8) is 0 Å². The molecule has 1 saturated heterocycles. The standard InChI is InChI=1S/C8H13NO3/c1-6(10)9-4-2-7(3-5-9)8(11)12/h7H,2-5H2,1H3,(H,11,12)/p-1. The highest BCUT2D eigenvalue weighted by Crippen LogP contribution is 2.15. The van der Waals surface area contributed by atoms with E-state index < -0.39 is 5.97 Å². The minimum atomic E-state index is -0.988. The summed E-state index contributed by atoms with van der Waals surface area (Å²) in [6.45, 7) is 2.60. The molecule has 0 unspecified atom stereocenters. The molecule has 0 bridgehead atoms. The zero-order chi connectivity index (χ0) is 9.14. The summed E-state index contributed by atoms with van der Waals surface area (Å²) in [5.41, 5.74) is 0. The quantitative estimate of drug-likeness (QED) is 0.507. The molecule has 0 aromatic rings. The average Bonchev–Trinajstić information content (AvgIpc) is 2.04. The van der Waals surface area contributed by atoms with Crippen molar-refractivity contribution in [3.8, 4) is 0 Å². The third-order valence-corrected chi connectivity index (χ3v) is 2.27. The Labute approximate surface area is 71.2 Å². The van der Waals surface area contributed by atoms with Crippen LogP contribution in [0.4, 0.5) is 0 Å². The van der Waals surface area contributed by atoms with Crippen LogP contribution >= 0.6 is 0 Å². The predicted octanol–water partition coefficient (Wildman–Crippen LogP) is -1.01. The third kappa shape index (κ3) is 1.96. The van der Waals surface area contributed by atoms with Gasteiger partial charge in [0, 0.05) is 31.9 Å². The second-order valence-electron chi connectivity index (χ2n) is 3.10. The van der Waals surface area contributed by atoms with E-state index in [4.69, 9.17) is 0 Å². The molecular formula is C8H12NO3-. The van der Waals surface area contributed by atoms with E-state index in [-0.39, 0.29) is 11.8 Å². The maximum Gasteiger partial charge on any atom is 0.219 e. The summed E-state index contributed by atoms with van der Waals surface area (Å²) in [7, 11) is 0. The van der Waals surface area contributed by atoms with Gasteiger partial charge in [-0.3, -0.25) is 4.79 Å². The number of carboxylic acids is 1. The van der Waals surface area contributed by atoms with Crippen molar-refractivity contribution < 1.29 is 14.7 Å². The third-order valence-electron chi connectivity index (χ3n) is 2.27. The molecule has 4 nitrogen and oxygen atoms in total.